The second kappa shape index (κ2) is 8.23. The van der Waals surface area contributed by atoms with Crippen LogP contribution in [0.5, 0.6) is 0 Å². The Bertz CT molecular complexity index is 202. The predicted octanol–water partition coefficient (Wildman–Crippen LogP) is 1.29. The molecule has 0 amide bonds. The molecular weight excluding hydrogens is 200 g/mol. The normalized spacial score (nSPS) is 12.1. The molecule has 0 saturated heterocycles. The summed E-state index contributed by atoms with van der Waals surface area (Å²) in [6, 6.07) is 0. The van der Waals surface area contributed by atoms with Crippen LogP contribution >= 0.6 is 0 Å². The van der Waals surface area contributed by atoms with E-state index < -0.39 is 18.2 Å². The quantitative estimate of drug-likeness (QED) is 0.364. The third kappa shape index (κ3) is 7.93. The first kappa shape index (κ1) is 13.9. The molecule has 0 radical (unpaired) electrons. The summed E-state index contributed by atoms with van der Waals surface area (Å²) in [5, 5.41) is 16.9. The van der Waals surface area contributed by atoms with Crippen molar-refractivity contribution in [2.75, 3.05) is 0 Å². The summed E-state index contributed by atoms with van der Waals surface area (Å²) >= 11 is 0. The van der Waals surface area contributed by atoms with Crippen LogP contribution < -0.4 is 0 Å². The fourth-order valence-corrected chi connectivity index (χ4v) is 1.11. The predicted molar refractivity (Wildman–Crippen MR) is 53.1 cm³/mol. The molecule has 0 saturated carbocycles. The number of unbranched alkanes of at least 4 members (excludes halogenated alkanes) is 4. The number of carboxylic acid groups (broad SMARTS) is 1. The summed E-state index contributed by atoms with van der Waals surface area (Å²) < 4.78 is 4.24. The van der Waals surface area contributed by atoms with Gasteiger partial charge in [0.2, 0.25) is 0 Å². The minimum atomic E-state index is -2.03. The van der Waals surface area contributed by atoms with Crippen LogP contribution in [0.1, 0.15) is 45.4 Å². The highest BCUT2D eigenvalue weighted by Crippen LogP contribution is 2.06. The standard InChI is InChI=1S/C10H18O5/c1-2-3-4-5-6-7-8(11)15-10(14)9(12)13/h10,14H,2-7H2,1H3,(H,12,13). The molecule has 0 aromatic carbocycles. The van der Waals surface area contributed by atoms with Crippen molar-refractivity contribution in [1.82, 2.24) is 0 Å². The van der Waals surface area contributed by atoms with E-state index in [1.807, 2.05) is 0 Å². The van der Waals surface area contributed by atoms with Crippen molar-refractivity contribution in [1.29, 1.82) is 0 Å². The number of aliphatic carboxylic acids is 1. The van der Waals surface area contributed by atoms with E-state index in [9.17, 15) is 9.59 Å². The average Bonchev–Trinajstić information content (AvgIpc) is 2.17. The number of ether oxygens (including phenoxy) is 1. The molecule has 0 spiro atoms. The van der Waals surface area contributed by atoms with E-state index in [0.29, 0.717) is 6.42 Å². The lowest BCUT2D eigenvalue weighted by molar-refractivity contribution is -0.186. The van der Waals surface area contributed by atoms with E-state index in [1.165, 1.54) is 0 Å². The van der Waals surface area contributed by atoms with Gasteiger partial charge in [-0.1, -0.05) is 32.6 Å². The van der Waals surface area contributed by atoms with Gasteiger partial charge in [-0.2, -0.15) is 0 Å². The number of rotatable bonds is 8. The van der Waals surface area contributed by atoms with Crippen LogP contribution in [0, 0.1) is 0 Å². The fraction of sp³-hybridized carbons (Fsp3) is 0.800. The Labute approximate surface area is 89.0 Å². The minimum Gasteiger partial charge on any atom is -0.477 e. The van der Waals surface area contributed by atoms with Crippen LogP contribution in [0.2, 0.25) is 0 Å². The molecule has 15 heavy (non-hydrogen) atoms. The summed E-state index contributed by atoms with van der Waals surface area (Å²) in [7, 11) is 0. The summed E-state index contributed by atoms with van der Waals surface area (Å²) in [6.07, 6.45) is 3.04. The van der Waals surface area contributed by atoms with Gasteiger partial charge < -0.3 is 14.9 Å². The second-order valence-electron chi connectivity index (χ2n) is 3.34. The molecule has 0 aliphatic rings. The highest BCUT2D eigenvalue weighted by Gasteiger charge is 2.17. The molecular formula is C10H18O5. The van der Waals surface area contributed by atoms with E-state index >= 15 is 0 Å². The molecule has 0 aromatic heterocycles. The number of carboxylic acids is 1. The van der Waals surface area contributed by atoms with Gasteiger partial charge >= 0.3 is 11.9 Å². The first-order chi connectivity index (χ1) is 7.07. The number of aliphatic hydroxyl groups is 1. The molecule has 5 heteroatoms. The van der Waals surface area contributed by atoms with Crippen LogP contribution in [-0.4, -0.2) is 28.4 Å². The van der Waals surface area contributed by atoms with E-state index in [-0.39, 0.29) is 6.42 Å². The van der Waals surface area contributed by atoms with Crippen molar-refractivity contribution in [2.45, 2.75) is 51.7 Å². The largest absolute Gasteiger partial charge is 0.477 e. The lowest BCUT2D eigenvalue weighted by Crippen LogP contribution is -2.26. The summed E-state index contributed by atoms with van der Waals surface area (Å²) in [6.45, 7) is 2.09. The molecule has 0 fully saturated rings. The number of hydrogen-bond donors (Lipinski definition) is 2. The van der Waals surface area contributed by atoms with Crippen molar-refractivity contribution in [3.05, 3.63) is 0 Å². The molecule has 0 aliphatic carbocycles. The fourth-order valence-electron chi connectivity index (χ4n) is 1.11. The van der Waals surface area contributed by atoms with Crippen molar-refractivity contribution >= 4 is 11.9 Å². The van der Waals surface area contributed by atoms with Gasteiger partial charge in [0.05, 0.1) is 0 Å². The van der Waals surface area contributed by atoms with Crippen LogP contribution in [0.4, 0.5) is 0 Å². The highest BCUT2D eigenvalue weighted by molar-refractivity contribution is 5.76. The molecule has 0 rings (SSSR count). The van der Waals surface area contributed by atoms with Crippen molar-refractivity contribution in [3.63, 3.8) is 0 Å². The maximum atomic E-state index is 10.9. The molecule has 0 aromatic rings. The van der Waals surface area contributed by atoms with Crippen molar-refractivity contribution < 1.29 is 24.5 Å². The number of hydrogen-bond acceptors (Lipinski definition) is 4. The first-order valence-electron chi connectivity index (χ1n) is 5.18. The van der Waals surface area contributed by atoms with E-state index in [1.54, 1.807) is 0 Å². The number of aliphatic hydroxyl groups excluding tert-OH is 1. The Balaban J connectivity index is 3.45. The molecule has 88 valence electrons. The van der Waals surface area contributed by atoms with Gasteiger partial charge in [-0.3, -0.25) is 4.79 Å². The van der Waals surface area contributed by atoms with Crippen LogP contribution in [-0.2, 0) is 14.3 Å². The zero-order chi connectivity index (χ0) is 11.7. The van der Waals surface area contributed by atoms with Crippen LogP contribution in [0.25, 0.3) is 0 Å². The Kier molecular flexibility index (Phi) is 7.62. The molecule has 0 bridgehead atoms. The number of carbonyl (C=O) groups excluding carboxylic acids is 1. The molecule has 5 nitrogen and oxygen atoms in total. The Morgan fingerprint density at radius 2 is 1.80 bits per heavy atom. The average molecular weight is 218 g/mol. The molecule has 1 atom stereocenters. The number of carbonyl (C=O) groups is 2. The van der Waals surface area contributed by atoms with Crippen molar-refractivity contribution in [3.8, 4) is 0 Å². The zero-order valence-corrected chi connectivity index (χ0v) is 8.94. The monoisotopic (exact) mass is 218 g/mol. The number of esters is 1. The topological polar surface area (TPSA) is 83.8 Å². The van der Waals surface area contributed by atoms with Crippen LogP contribution in [0.3, 0.4) is 0 Å². The first-order valence-corrected chi connectivity index (χ1v) is 5.18. The van der Waals surface area contributed by atoms with E-state index in [0.717, 1.165) is 25.7 Å². The Morgan fingerprint density at radius 1 is 1.20 bits per heavy atom. The third-order valence-corrected chi connectivity index (χ3v) is 1.94. The van der Waals surface area contributed by atoms with Gasteiger partial charge in [-0.25, -0.2) is 4.79 Å². The zero-order valence-electron chi connectivity index (χ0n) is 8.94. The highest BCUT2D eigenvalue weighted by atomic mass is 16.7. The molecule has 2 N–H and O–H groups in total. The Morgan fingerprint density at radius 3 is 2.33 bits per heavy atom. The van der Waals surface area contributed by atoms with Gasteiger partial charge in [-0.05, 0) is 6.42 Å². The maximum absolute atomic E-state index is 10.9. The molecule has 0 heterocycles. The third-order valence-electron chi connectivity index (χ3n) is 1.94. The van der Waals surface area contributed by atoms with E-state index in [2.05, 4.69) is 11.7 Å². The van der Waals surface area contributed by atoms with Crippen LogP contribution in [0.15, 0.2) is 0 Å². The SMILES string of the molecule is CCCCCCCC(=O)OC(O)C(=O)O. The lowest BCUT2D eigenvalue weighted by atomic mass is 10.1. The summed E-state index contributed by atoms with van der Waals surface area (Å²) in [5.74, 6) is -2.21. The van der Waals surface area contributed by atoms with Gasteiger partial charge in [0, 0.05) is 6.42 Å². The Hall–Kier alpha value is -1.10. The lowest BCUT2D eigenvalue weighted by Gasteiger charge is -2.06. The van der Waals surface area contributed by atoms with Gasteiger partial charge in [0.1, 0.15) is 0 Å². The molecule has 1 unspecified atom stereocenters. The molecule has 0 aliphatic heterocycles. The van der Waals surface area contributed by atoms with E-state index in [4.69, 9.17) is 10.2 Å². The smallest absolute Gasteiger partial charge is 0.373 e. The van der Waals surface area contributed by atoms with Crippen molar-refractivity contribution in [2.24, 2.45) is 0 Å². The van der Waals surface area contributed by atoms with Gasteiger partial charge in [0.25, 0.3) is 6.29 Å². The maximum Gasteiger partial charge on any atom is 0.373 e. The van der Waals surface area contributed by atoms with Gasteiger partial charge in [-0.15, -0.1) is 0 Å². The summed E-state index contributed by atoms with van der Waals surface area (Å²) in [4.78, 5) is 21.1. The second-order valence-corrected chi connectivity index (χ2v) is 3.34. The minimum absolute atomic E-state index is 0.161. The summed E-state index contributed by atoms with van der Waals surface area (Å²) in [5.41, 5.74) is 0. The van der Waals surface area contributed by atoms with Gasteiger partial charge in [0.15, 0.2) is 0 Å².